The molecule has 1 saturated carbocycles. The van der Waals surface area contributed by atoms with Gasteiger partial charge in [-0.25, -0.2) is 0 Å². The number of ketones is 1. The van der Waals surface area contributed by atoms with E-state index in [0.717, 1.165) is 44.9 Å². The van der Waals surface area contributed by atoms with E-state index in [9.17, 15) is 19.8 Å². The molecule has 4 atom stereocenters. The zero-order valence-corrected chi connectivity index (χ0v) is 18.5. The fourth-order valence-electron chi connectivity index (χ4n) is 4.15. The molecule has 1 rings (SSSR count). The summed E-state index contributed by atoms with van der Waals surface area (Å²) in [6, 6.07) is 0. The molecule has 2 N–H and O–H groups in total. The summed E-state index contributed by atoms with van der Waals surface area (Å²) >= 11 is 0. The van der Waals surface area contributed by atoms with Crippen molar-refractivity contribution in [3.05, 3.63) is 12.2 Å². The van der Waals surface area contributed by atoms with Crippen molar-refractivity contribution in [2.24, 2.45) is 17.8 Å². The third kappa shape index (κ3) is 10.4. The minimum atomic E-state index is -1.24. The maximum absolute atomic E-state index is 12.2. The lowest BCUT2D eigenvalue weighted by Gasteiger charge is -2.19. The van der Waals surface area contributed by atoms with Gasteiger partial charge in [-0.1, -0.05) is 64.5 Å². The lowest BCUT2D eigenvalue weighted by Crippen LogP contribution is -2.30. The van der Waals surface area contributed by atoms with Crippen LogP contribution in [0.5, 0.6) is 0 Å². The van der Waals surface area contributed by atoms with Crippen molar-refractivity contribution in [2.45, 2.75) is 104 Å². The van der Waals surface area contributed by atoms with E-state index in [1.165, 1.54) is 25.7 Å². The molecule has 0 aromatic carbocycles. The Morgan fingerprint density at radius 2 is 1.90 bits per heavy atom. The highest BCUT2D eigenvalue weighted by Crippen LogP contribution is 2.34. The van der Waals surface area contributed by atoms with Crippen LogP contribution in [-0.4, -0.2) is 34.9 Å². The van der Waals surface area contributed by atoms with Gasteiger partial charge in [0.25, 0.3) is 0 Å². The molecule has 0 aromatic heterocycles. The van der Waals surface area contributed by atoms with Crippen molar-refractivity contribution in [3.8, 4) is 0 Å². The summed E-state index contributed by atoms with van der Waals surface area (Å²) in [6.07, 6.45) is 15.7. The number of carbonyl (C=O) groups is 2. The molecule has 168 valence electrons. The molecule has 2 unspecified atom stereocenters. The van der Waals surface area contributed by atoms with Gasteiger partial charge in [0.15, 0.2) is 6.29 Å². The van der Waals surface area contributed by atoms with Crippen molar-refractivity contribution < 1.29 is 24.5 Å². The van der Waals surface area contributed by atoms with E-state index in [-0.39, 0.29) is 5.92 Å². The number of aliphatic hydroxyl groups excluding tert-OH is 1. The zero-order valence-electron chi connectivity index (χ0n) is 18.5. The first-order valence-corrected chi connectivity index (χ1v) is 11.7. The summed E-state index contributed by atoms with van der Waals surface area (Å²) < 4.78 is 5.17. The van der Waals surface area contributed by atoms with Crippen molar-refractivity contribution in [3.63, 3.8) is 0 Å². The maximum Gasteiger partial charge on any atom is 0.311 e. The molecule has 1 aliphatic rings. The quantitative estimate of drug-likeness (QED) is 0.188. The molecule has 29 heavy (non-hydrogen) atoms. The Morgan fingerprint density at radius 1 is 1.14 bits per heavy atom. The van der Waals surface area contributed by atoms with Crippen LogP contribution in [-0.2, 0) is 14.3 Å². The Balaban J connectivity index is 2.30. The molecule has 1 aliphatic carbocycles. The van der Waals surface area contributed by atoms with Crippen LogP contribution in [0.4, 0.5) is 0 Å². The number of allylic oxidation sites excluding steroid dienone is 2. The Bertz CT molecular complexity index is 488. The molecule has 0 spiro atoms. The van der Waals surface area contributed by atoms with Crippen LogP contribution in [0.1, 0.15) is 97.3 Å². The van der Waals surface area contributed by atoms with Crippen LogP contribution in [0, 0.1) is 17.8 Å². The van der Waals surface area contributed by atoms with E-state index < -0.39 is 18.2 Å². The van der Waals surface area contributed by atoms with Crippen LogP contribution in [0.2, 0.25) is 0 Å². The van der Waals surface area contributed by atoms with E-state index >= 15 is 0 Å². The monoisotopic (exact) mass is 410 g/mol. The van der Waals surface area contributed by atoms with Crippen molar-refractivity contribution in [2.75, 3.05) is 6.61 Å². The second-order valence-corrected chi connectivity index (χ2v) is 8.40. The molecule has 5 heteroatoms. The maximum atomic E-state index is 12.2. The summed E-state index contributed by atoms with van der Waals surface area (Å²) in [4.78, 5) is 23.6. The van der Waals surface area contributed by atoms with Crippen LogP contribution in [0.3, 0.4) is 0 Å². The largest absolute Gasteiger partial charge is 0.481 e. The fraction of sp³-hybridized carbons (Fsp3) is 0.833. The molecule has 0 radical (unpaired) electrons. The SMILES string of the molecule is CCCCCCC=C[C@H]1CCC(=O)[C@@H]1CCCCCC(C(=O)O)C(O)OCCC. The number of Topliss-reactive ketones (excluding diaryl/α,β-unsaturated/α-hetero) is 1. The molecular formula is C24H42O5. The van der Waals surface area contributed by atoms with E-state index in [2.05, 4.69) is 19.1 Å². The minimum Gasteiger partial charge on any atom is -0.481 e. The van der Waals surface area contributed by atoms with Gasteiger partial charge in [-0.2, -0.15) is 0 Å². The van der Waals surface area contributed by atoms with Gasteiger partial charge < -0.3 is 14.9 Å². The predicted octanol–water partition coefficient (Wildman–Crippen LogP) is 5.50. The Kier molecular flexibility index (Phi) is 13.9. The fourth-order valence-corrected chi connectivity index (χ4v) is 4.15. The second-order valence-electron chi connectivity index (χ2n) is 8.40. The summed E-state index contributed by atoms with van der Waals surface area (Å²) in [5.74, 6) is -0.987. The smallest absolute Gasteiger partial charge is 0.311 e. The number of carbonyl (C=O) groups excluding carboxylic acids is 1. The molecule has 0 bridgehead atoms. The number of hydrogen-bond acceptors (Lipinski definition) is 4. The van der Waals surface area contributed by atoms with Crippen molar-refractivity contribution in [1.82, 2.24) is 0 Å². The van der Waals surface area contributed by atoms with E-state index in [4.69, 9.17) is 4.74 Å². The lowest BCUT2D eigenvalue weighted by atomic mass is 9.89. The molecule has 1 fully saturated rings. The number of carboxylic acids is 1. The van der Waals surface area contributed by atoms with Crippen LogP contribution >= 0.6 is 0 Å². The molecular weight excluding hydrogens is 368 g/mol. The highest BCUT2D eigenvalue weighted by atomic mass is 16.6. The number of aliphatic carboxylic acids is 1. The topological polar surface area (TPSA) is 83.8 Å². The third-order valence-corrected chi connectivity index (χ3v) is 5.95. The summed E-state index contributed by atoms with van der Waals surface area (Å²) in [5.41, 5.74) is 0. The van der Waals surface area contributed by atoms with Gasteiger partial charge in [0, 0.05) is 18.9 Å². The molecule has 0 heterocycles. The number of rotatable bonds is 17. The first-order valence-electron chi connectivity index (χ1n) is 11.7. The van der Waals surface area contributed by atoms with Gasteiger partial charge in [-0.05, 0) is 44.4 Å². The van der Waals surface area contributed by atoms with Gasteiger partial charge in [-0.15, -0.1) is 0 Å². The van der Waals surface area contributed by atoms with Gasteiger partial charge in [0.1, 0.15) is 11.7 Å². The number of carboxylic acid groups (broad SMARTS) is 1. The number of aliphatic hydroxyl groups is 1. The lowest BCUT2D eigenvalue weighted by molar-refractivity contribution is -0.171. The van der Waals surface area contributed by atoms with Crippen molar-refractivity contribution in [1.29, 1.82) is 0 Å². The highest BCUT2D eigenvalue weighted by Gasteiger charge is 2.32. The van der Waals surface area contributed by atoms with E-state index in [1.54, 1.807) is 0 Å². The number of ether oxygens (including phenoxy) is 1. The van der Waals surface area contributed by atoms with Gasteiger partial charge in [0.05, 0.1) is 0 Å². The normalized spacial score (nSPS) is 21.7. The zero-order chi connectivity index (χ0) is 21.5. The Morgan fingerprint density at radius 3 is 2.59 bits per heavy atom. The standard InChI is InChI=1S/C24H42O5/c1-3-5-6-7-8-10-13-19-16-17-22(25)20(19)14-11-9-12-15-21(23(26)27)24(28)29-18-4-2/h10,13,19-21,24,28H,3-9,11-12,14-18H2,1-2H3,(H,26,27)/t19-,20+,21?,24?/m0/s1. The average molecular weight is 411 g/mol. The van der Waals surface area contributed by atoms with Crippen LogP contribution in [0.25, 0.3) is 0 Å². The van der Waals surface area contributed by atoms with Crippen LogP contribution in [0.15, 0.2) is 12.2 Å². The Labute approximate surface area is 176 Å². The third-order valence-electron chi connectivity index (χ3n) is 5.95. The van der Waals surface area contributed by atoms with E-state index in [1.807, 2.05) is 6.92 Å². The van der Waals surface area contributed by atoms with Gasteiger partial charge >= 0.3 is 5.97 Å². The summed E-state index contributed by atoms with van der Waals surface area (Å²) in [5, 5.41) is 19.2. The summed E-state index contributed by atoms with van der Waals surface area (Å²) in [6.45, 7) is 4.50. The minimum absolute atomic E-state index is 0.135. The molecule has 5 nitrogen and oxygen atoms in total. The molecule has 0 aliphatic heterocycles. The highest BCUT2D eigenvalue weighted by molar-refractivity contribution is 5.83. The number of unbranched alkanes of at least 4 members (excludes halogenated alkanes) is 6. The number of hydrogen-bond donors (Lipinski definition) is 2. The van der Waals surface area contributed by atoms with Gasteiger partial charge in [-0.3, -0.25) is 9.59 Å². The van der Waals surface area contributed by atoms with E-state index in [0.29, 0.717) is 31.1 Å². The molecule has 0 amide bonds. The predicted molar refractivity (Wildman–Crippen MR) is 116 cm³/mol. The average Bonchev–Trinajstić information content (AvgIpc) is 3.04. The Hall–Kier alpha value is -1.20. The van der Waals surface area contributed by atoms with Gasteiger partial charge in [0.2, 0.25) is 0 Å². The first-order chi connectivity index (χ1) is 14.0. The van der Waals surface area contributed by atoms with Crippen LogP contribution < -0.4 is 0 Å². The first kappa shape index (κ1) is 25.8. The summed E-state index contributed by atoms with van der Waals surface area (Å²) in [7, 11) is 0. The second kappa shape index (κ2) is 15.6. The van der Waals surface area contributed by atoms with Crippen molar-refractivity contribution >= 4 is 11.8 Å². The molecule has 0 aromatic rings. The molecule has 0 saturated heterocycles.